The third kappa shape index (κ3) is 2.10. The molecule has 12 heavy (non-hydrogen) atoms. The number of aliphatic hydroxyl groups excluding tert-OH is 1. The van der Waals surface area contributed by atoms with Gasteiger partial charge in [0.2, 0.25) is 0 Å². The topological polar surface area (TPSA) is 20.2 Å². The molecule has 0 saturated heterocycles. The number of aryl methyl sites for hydroxylation is 1. The lowest BCUT2D eigenvalue weighted by Crippen LogP contribution is -1.91. The van der Waals surface area contributed by atoms with Gasteiger partial charge in [-0.3, -0.25) is 0 Å². The van der Waals surface area contributed by atoms with Gasteiger partial charge in [0.15, 0.2) is 0 Å². The second-order valence-corrected chi connectivity index (χ2v) is 4.93. The van der Waals surface area contributed by atoms with Crippen molar-refractivity contribution in [3.8, 4) is 12.3 Å². The maximum absolute atomic E-state index is 9.51. The van der Waals surface area contributed by atoms with Crippen molar-refractivity contribution in [2.75, 3.05) is 0 Å². The van der Waals surface area contributed by atoms with Crippen LogP contribution >= 0.6 is 27.3 Å². The molecule has 0 spiro atoms. The molecular weight excluding hydrogens is 236 g/mol. The molecule has 1 N–H and O–H groups in total. The van der Waals surface area contributed by atoms with Crippen LogP contribution in [0.25, 0.3) is 0 Å². The van der Waals surface area contributed by atoms with Crippen molar-refractivity contribution < 1.29 is 5.11 Å². The Morgan fingerprint density at radius 2 is 2.50 bits per heavy atom. The van der Waals surface area contributed by atoms with Crippen LogP contribution in [0.5, 0.6) is 0 Å². The van der Waals surface area contributed by atoms with E-state index in [-0.39, 0.29) is 0 Å². The molecule has 1 rings (SSSR count). The number of rotatable bonds is 2. The van der Waals surface area contributed by atoms with Crippen LogP contribution in [0.3, 0.4) is 0 Å². The largest absolute Gasteiger partial charge is 0.387 e. The van der Waals surface area contributed by atoms with Crippen molar-refractivity contribution in [3.63, 3.8) is 0 Å². The van der Waals surface area contributed by atoms with E-state index in [4.69, 9.17) is 6.42 Å². The zero-order chi connectivity index (χ0) is 9.14. The Labute approximate surface area is 84.6 Å². The van der Waals surface area contributed by atoms with Crippen molar-refractivity contribution in [2.45, 2.75) is 19.4 Å². The zero-order valence-electron chi connectivity index (χ0n) is 6.67. The van der Waals surface area contributed by atoms with Crippen LogP contribution in [0.2, 0.25) is 0 Å². The Morgan fingerprint density at radius 1 is 1.83 bits per heavy atom. The summed E-state index contributed by atoms with van der Waals surface area (Å²) in [6, 6.07) is 1.96. The molecule has 3 heteroatoms. The van der Waals surface area contributed by atoms with E-state index in [1.807, 2.05) is 13.0 Å². The highest BCUT2D eigenvalue weighted by molar-refractivity contribution is 9.11. The Morgan fingerprint density at radius 3 is 2.92 bits per heavy atom. The molecule has 1 heterocycles. The fourth-order valence-corrected chi connectivity index (χ4v) is 2.42. The molecule has 0 fully saturated rings. The molecular formula is C9H9BrOS. The smallest absolute Gasteiger partial charge is 0.0991 e. The van der Waals surface area contributed by atoms with Crippen molar-refractivity contribution in [1.82, 2.24) is 0 Å². The predicted molar refractivity (Wildman–Crippen MR) is 55.2 cm³/mol. The van der Waals surface area contributed by atoms with Crippen molar-refractivity contribution in [2.24, 2.45) is 0 Å². The normalized spacial score (nSPS) is 12.5. The van der Waals surface area contributed by atoms with Crippen LogP contribution < -0.4 is 0 Å². The summed E-state index contributed by atoms with van der Waals surface area (Å²) in [7, 11) is 0. The summed E-state index contributed by atoms with van der Waals surface area (Å²) in [5.41, 5.74) is 1.14. The molecule has 1 aromatic rings. The number of hydrogen-bond acceptors (Lipinski definition) is 2. The molecule has 1 aromatic heterocycles. The van der Waals surface area contributed by atoms with Gasteiger partial charge in [-0.25, -0.2) is 0 Å². The highest BCUT2D eigenvalue weighted by Gasteiger charge is 2.10. The first-order chi connectivity index (χ1) is 5.65. The molecule has 1 nitrogen and oxygen atoms in total. The van der Waals surface area contributed by atoms with Gasteiger partial charge in [0, 0.05) is 11.3 Å². The van der Waals surface area contributed by atoms with Gasteiger partial charge in [-0.15, -0.1) is 23.7 Å². The van der Waals surface area contributed by atoms with Gasteiger partial charge in [0.25, 0.3) is 0 Å². The number of hydrogen-bond donors (Lipinski definition) is 1. The second-order valence-electron chi connectivity index (χ2n) is 2.53. The Balaban J connectivity index is 2.83. The third-order valence-electron chi connectivity index (χ3n) is 1.52. The van der Waals surface area contributed by atoms with E-state index < -0.39 is 6.10 Å². The molecule has 0 amide bonds. The van der Waals surface area contributed by atoms with Gasteiger partial charge in [0.05, 0.1) is 9.89 Å². The van der Waals surface area contributed by atoms with Gasteiger partial charge >= 0.3 is 0 Å². The molecule has 1 atom stereocenters. The van der Waals surface area contributed by atoms with E-state index in [0.717, 1.165) is 14.2 Å². The first-order valence-corrected chi connectivity index (χ1v) is 5.13. The first kappa shape index (κ1) is 9.79. The number of thiophene rings is 1. The number of terminal acetylenes is 1. The van der Waals surface area contributed by atoms with Crippen LogP contribution in [0, 0.1) is 19.3 Å². The van der Waals surface area contributed by atoms with E-state index in [0.29, 0.717) is 6.42 Å². The lowest BCUT2D eigenvalue weighted by molar-refractivity contribution is 0.188. The minimum atomic E-state index is -0.509. The summed E-state index contributed by atoms with van der Waals surface area (Å²) in [5, 5.41) is 9.51. The average molecular weight is 245 g/mol. The maximum atomic E-state index is 9.51. The van der Waals surface area contributed by atoms with Crippen LogP contribution in [0.1, 0.15) is 23.0 Å². The zero-order valence-corrected chi connectivity index (χ0v) is 9.08. The summed E-state index contributed by atoms with van der Waals surface area (Å²) < 4.78 is 1.06. The van der Waals surface area contributed by atoms with Gasteiger partial charge in [-0.2, -0.15) is 0 Å². The minimum absolute atomic E-state index is 0.381. The standard InChI is InChI=1S/C9H9BrOS/c1-3-4-7(11)8-5-6(2)9(10)12-8/h1,5,7,11H,4H2,2H3. The van der Waals surface area contributed by atoms with Crippen LogP contribution in [-0.2, 0) is 0 Å². The minimum Gasteiger partial charge on any atom is -0.387 e. The Hall–Kier alpha value is -0.300. The Bertz CT molecular complexity index is 291. The monoisotopic (exact) mass is 244 g/mol. The third-order valence-corrected chi connectivity index (χ3v) is 3.75. The molecule has 0 aliphatic heterocycles. The summed E-state index contributed by atoms with van der Waals surface area (Å²) in [6.45, 7) is 1.99. The fourth-order valence-electron chi connectivity index (χ4n) is 0.860. The predicted octanol–water partition coefficient (Wildman–Crippen LogP) is 2.88. The maximum Gasteiger partial charge on any atom is 0.0991 e. The summed E-state index contributed by atoms with van der Waals surface area (Å²) in [4.78, 5) is 0.928. The fraction of sp³-hybridized carbons (Fsp3) is 0.333. The van der Waals surface area contributed by atoms with Crippen molar-refractivity contribution in [3.05, 3.63) is 20.3 Å². The van der Waals surface area contributed by atoms with Crippen molar-refractivity contribution >= 4 is 27.3 Å². The molecule has 0 aliphatic carbocycles. The van der Waals surface area contributed by atoms with Crippen molar-refractivity contribution in [1.29, 1.82) is 0 Å². The molecule has 0 aliphatic rings. The number of aliphatic hydroxyl groups is 1. The highest BCUT2D eigenvalue weighted by Crippen LogP contribution is 2.32. The van der Waals surface area contributed by atoms with Gasteiger partial charge < -0.3 is 5.11 Å². The summed E-state index contributed by atoms with van der Waals surface area (Å²) >= 11 is 4.92. The first-order valence-electron chi connectivity index (χ1n) is 3.52. The van der Waals surface area contributed by atoms with Gasteiger partial charge in [-0.1, -0.05) is 0 Å². The molecule has 0 bridgehead atoms. The van der Waals surface area contributed by atoms with Gasteiger partial charge in [-0.05, 0) is 34.5 Å². The Kier molecular flexibility index (Phi) is 3.33. The van der Waals surface area contributed by atoms with Crippen LogP contribution in [0.4, 0.5) is 0 Å². The molecule has 64 valence electrons. The van der Waals surface area contributed by atoms with Crippen LogP contribution in [-0.4, -0.2) is 5.11 Å². The molecule has 0 saturated carbocycles. The average Bonchev–Trinajstić information content (AvgIpc) is 2.33. The summed E-state index contributed by atoms with van der Waals surface area (Å²) in [6.07, 6.45) is 4.97. The molecule has 0 radical (unpaired) electrons. The van der Waals surface area contributed by atoms with Gasteiger partial charge in [0.1, 0.15) is 0 Å². The highest BCUT2D eigenvalue weighted by atomic mass is 79.9. The second kappa shape index (κ2) is 4.08. The van der Waals surface area contributed by atoms with E-state index >= 15 is 0 Å². The molecule has 1 unspecified atom stereocenters. The van der Waals surface area contributed by atoms with E-state index in [9.17, 15) is 5.11 Å². The van der Waals surface area contributed by atoms with Crippen LogP contribution in [0.15, 0.2) is 9.85 Å². The van der Waals surface area contributed by atoms with E-state index in [1.165, 1.54) is 11.3 Å². The van der Waals surface area contributed by atoms with E-state index in [1.54, 1.807) is 0 Å². The summed E-state index contributed by atoms with van der Waals surface area (Å²) in [5.74, 6) is 2.44. The quantitative estimate of drug-likeness (QED) is 0.794. The van der Waals surface area contributed by atoms with E-state index in [2.05, 4.69) is 21.9 Å². The molecule has 0 aromatic carbocycles. The lowest BCUT2D eigenvalue weighted by atomic mass is 10.2. The lowest BCUT2D eigenvalue weighted by Gasteiger charge is -2.01. The SMILES string of the molecule is C#CCC(O)c1cc(C)c(Br)s1. The number of halogens is 1.